The van der Waals surface area contributed by atoms with Gasteiger partial charge in [-0.1, -0.05) is 39.5 Å². The van der Waals surface area contributed by atoms with Crippen LogP contribution in [0.15, 0.2) is 0 Å². The maximum atomic E-state index is 11.8. The lowest BCUT2D eigenvalue weighted by Gasteiger charge is -2.37. The minimum atomic E-state index is -0.211. The molecule has 0 aliphatic carbocycles. The van der Waals surface area contributed by atoms with Crippen molar-refractivity contribution in [2.75, 3.05) is 19.6 Å². The van der Waals surface area contributed by atoms with Crippen LogP contribution in [-0.2, 0) is 14.3 Å². The minimum Gasteiger partial charge on any atom is -0.462 e. The average Bonchev–Trinajstić information content (AvgIpc) is 2.54. The van der Waals surface area contributed by atoms with E-state index in [4.69, 9.17) is 4.74 Å². The van der Waals surface area contributed by atoms with Crippen LogP contribution in [0.5, 0.6) is 0 Å². The van der Waals surface area contributed by atoms with Crippen LogP contribution in [0.2, 0.25) is 0 Å². The van der Waals surface area contributed by atoms with Gasteiger partial charge in [0, 0.05) is 25.4 Å². The molecule has 0 saturated carbocycles. The number of hydrogen-bond donors (Lipinski definition) is 0. The molecule has 1 fully saturated rings. The molecule has 1 rings (SSSR count). The Kier molecular flexibility index (Phi) is 10.2. The number of piperidine rings is 1. The molecule has 1 aliphatic rings. The van der Waals surface area contributed by atoms with E-state index in [0.29, 0.717) is 12.3 Å². The number of Topliss-reactive ketones (excluding diaryl/α,β-unsaturated/α-hetero) is 1. The third kappa shape index (κ3) is 8.50. The molecule has 4 nitrogen and oxygen atoms in total. The highest BCUT2D eigenvalue weighted by molar-refractivity contribution is 5.81. The number of nitrogens with zero attached hydrogens (tertiary/aromatic N) is 1. The van der Waals surface area contributed by atoms with Crippen molar-refractivity contribution < 1.29 is 14.3 Å². The van der Waals surface area contributed by atoms with Gasteiger partial charge in [-0.05, 0) is 32.7 Å². The number of ketones is 1. The quantitative estimate of drug-likeness (QED) is 0.426. The second kappa shape index (κ2) is 11.6. The summed E-state index contributed by atoms with van der Waals surface area (Å²) in [6.07, 6.45) is 9.11. The van der Waals surface area contributed by atoms with E-state index in [-0.39, 0.29) is 24.3 Å². The summed E-state index contributed by atoms with van der Waals surface area (Å²) >= 11 is 0. The van der Waals surface area contributed by atoms with Crippen LogP contribution in [0.4, 0.5) is 0 Å². The summed E-state index contributed by atoms with van der Waals surface area (Å²) in [4.78, 5) is 25.3. The Morgan fingerprint density at radius 3 is 2.48 bits per heavy atom. The largest absolute Gasteiger partial charge is 0.462 e. The first-order chi connectivity index (χ1) is 11.1. The van der Waals surface area contributed by atoms with E-state index in [1.54, 1.807) is 0 Å². The molecule has 0 spiro atoms. The Hall–Kier alpha value is -0.900. The Balaban J connectivity index is 2.28. The Morgan fingerprint density at radius 1 is 1.09 bits per heavy atom. The van der Waals surface area contributed by atoms with Gasteiger partial charge < -0.3 is 14.4 Å². The predicted octanol–water partition coefficient (Wildman–Crippen LogP) is 3.97. The van der Waals surface area contributed by atoms with Crippen LogP contribution >= 0.6 is 0 Å². The summed E-state index contributed by atoms with van der Waals surface area (Å²) in [5.41, 5.74) is 0. The lowest BCUT2D eigenvalue weighted by molar-refractivity contribution is -0.155. The molecule has 0 N–H and O–H groups in total. The summed E-state index contributed by atoms with van der Waals surface area (Å²) in [7, 11) is 0. The van der Waals surface area contributed by atoms with Crippen molar-refractivity contribution in [1.29, 1.82) is 0 Å². The zero-order valence-electron chi connectivity index (χ0n) is 15.3. The van der Waals surface area contributed by atoms with Gasteiger partial charge in [-0.3, -0.25) is 4.79 Å². The average molecular weight is 325 g/mol. The minimum absolute atomic E-state index is 0.0378. The second-order valence-electron chi connectivity index (χ2n) is 6.90. The highest BCUT2D eigenvalue weighted by Gasteiger charge is 2.30. The molecule has 0 unspecified atom stereocenters. The van der Waals surface area contributed by atoms with Gasteiger partial charge in [0.1, 0.15) is 11.9 Å². The van der Waals surface area contributed by atoms with Crippen molar-refractivity contribution in [2.45, 2.75) is 84.7 Å². The highest BCUT2D eigenvalue weighted by Crippen LogP contribution is 2.24. The molecule has 0 aromatic heterocycles. The SMILES string of the molecule is CCCCCCCN1CC[C@H](OC(=O)CCC(C)=O)[C@H](CC)C1. The lowest BCUT2D eigenvalue weighted by Crippen LogP contribution is -2.45. The van der Waals surface area contributed by atoms with Crippen LogP contribution < -0.4 is 0 Å². The van der Waals surface area contributed by atoms with Gasteiger partial charge in [0.25, 0.3) is 0 Å². The van der Waals surface area contributed by atoms with E-state index in [9.17, 15) is 9.59 Å². The van der Waals surface area contributed by atoms with E-state index in [1.165, 1.54) is 45.6 Å². The number of hydrogen-bond acceptors (Lipinski definition) is 4. The molecule has 1 heterocycles. The number of ether oxygens (including phenoxy) is 1. The highest BCUT2D eigenvalue weighted by atomic mass is 16.5. The second-order valence-corrected chi connectivity index (χ2v) is 6.90. The van der Waals surface area contributed by atoms with Crippen molar-refractivity contribution in [3.63, 3.8) is 0 Å². The third-order valence-corrected chi connectivity index (χ3v) is 4.81. The molecule has 0 radical (unpaired) electrons. The fourth-order valence-corrected chi connectivity index (χ4v) is 3.28. The van der Waals surface area contributed by atoms with Gasteiger partial charge in [0.05, 0.1) is 6.42 Å². The Labute approximate surface area is 141 Å². The van der Waals surface area contributed by atoms with Gasteiger partial charge in [-0.2, -0.15) is 0 Å². The molecule has 0 amide bonds. The molecule has 1 saturated heterocycles. The summed E-state index contributed by atoms with van der Waals surface area (Å²) in [5.74, 6) is 0.268. The number of carbonyl (C=O) groups is 2. The first-order valence-corrected chi connectivity index (χ1v) is 9.48. The molecule has 0 bridgehead atoms. The topological polar surface area (TPSA) is 46.6 Å². The van der Waals surface area contributed by atoms with E-state index >= 15 is 0 Å². The fourth-order valence-electron chi connectivity index (χ4n) is 3.28. The van der Waals surface area contributed by atoms with Crippen molar-refractivity contribution in [1.82, 2.24) is 4.90 Å². The molecule has 134 valence electrons. The van der Waals surface area contributed by atoms with Gasteiger partial charge in [0.15, 0.2) is 0 Å². The van der Waals surface area contributed by atoms with Gasteiger partial charge in [-0.25, -0.2) is 0 Å². The number of unbranched alkanes of at least 4 members (excludes halogenated alkanes) is 4. The first-order valence-electron chi connectivity index (χ1n) is 9.48. The maximum absolute atomic E-state index is 11.8. The molecular formula is C19H35NO3. The maximum Gasteiger partial charge on any atom is 0.306 e. The third-order valence-electron chi connectivity index (χ3n) is 4.81. The fraction of sp³-hybridized carbons (Fsp3) is 0.895. The van der Waals surface area contributed by atoms with Crippen LogP contribution in [0.1, 0.15) is 78.6 Å². The van der Waals surface area contributed by atoms with E-state index in [1.807, 2.05) is 0 Å². The zero-order valence-corrected chi connectivity index (χ0v) is 15.3. The Bertz CT molecular complexity index is 357. The van der Waals surface area contributed by atoms with Crippen molar-refractivity contribution in [3.8, 4) is 0 Å². The van der Waals surface area contributed by atoms with Gasteiger partial charge >= 0.3 is 5.97 Å². The first kappa shape index (κ1) is 20.1. The Morgan fingerprint density at radius 2 is 1.83 bits per heavy atom. The zero-order chi connectivity index (χ0) is 17.1. The van der Waals surface area contributed by atoms with Crippen LogP contribution in [0.25, 0.3) is 0 Å². The normalized spacial score (nSPS) is 22.0. The van der Waals surface area contributed by atoms with E-state index in [2.05, 4.69) is 18.7 Å². The molecule has 23 heavy (non-hydrogen) atoms. The van der Waals surface area contributed by atoms with Crippen LogP contribution in [0, 0.1) is 5.92 Å². The van der Waals surface area contributed by atoms with Gasteiger partial charge in [0.2, 0.25) is 0 Å². The van der Waals surface area contributed by atoms with Crippen LogP contribution in [0.3, 0.4) is 0 Å². The lowest BCUT2D eigenvalue weighted by atomic mass is 9.92. The predicted molar refractivity (Wildman–Crippen MR) is 93.4 cm³/mol. The summed E-state index contributed by atoms with van der Waals surface area (Å²) in [6, 6.07) is 0. The number of esters is 1. The molecule has 0 aromatic carbocycles. The summed E-state index contributed by atoms with van der Waals surface area (Å²) in [6.45, 7) is 9.16. The van der Waals surface area contributed by atoms with Crippen molar-refractivity contribution in [2.24, 2.45) is 5.92 Å². The van der Waals surface area contributed by atoms with Crippen molar-refractivity contribution in [3.05, 3.63) is 0 Å². The van der Waals surface area contributed by atoms with Crippen molar-refractivity contribution >= 4 is 11.8 Å². The monoisotopic (exact) mass is 325 g/mol. The number of likely N-dealkylation sites (tertiary alicyclic amines) is 1. The molecule has 1 aliphatic heterocycles. The smallest absolute Gasteiger partial charge is 0.306 e. The van der Waals surface area contributed by atoms with E-state index < -0.39 is 0 Å². The summed E-state index contributed by atoms with van der Waals surface area (Å²) < 4.78 is 5.63. The van der Waals surface area contributed by atoms with Crippen LogP contribution in [-0.4, -0.2) is 42.4 Å². The van der Waals surface area contributed by atoms with Gasteiger partial charge in [-0.15, -0.1) is 0 Å². The molecule has 2 atom stereocenters. The molecule has 4 heteroatoms. The standard InChI is InChI=1S/C19H35NO3/c1-4-6-7-8-9-13-20-14-12-18(17(5-2)15-20)23-19(22)11-10-16(3)21/h17-18H,4-15H2,1-3H3/t17-,18+/m1/s1. The molecule has 0 aromatic rings. The number of rotatable bonds is 11. The van der Waals surface area contributed by atoms with E-state index in [0.717, 1.165) is 25.9 Å². The summed E-state index contributed by atoms with van der Waals surface area (Å²) in [5, 5.41) is 0. The number of carbonyl (C=O) groups excluding carboxylic acids is 2. The molecular weight excluding hydrogens is 290 g/mol.